The summed E-state index contributed by atoms with van der Waals surface area (Å²) in [5, 5.41) is 13.0. The van der Waals surface area contributed by atoms with E-state index in [2.05, 4.69) is 24.4 Å². The summed E-state index contributed by atoms with van der Waals surface area (Å²) in [7, 11) is 0. The van der Waals surface area contributed by atoms with Crippen molar-refractivity contribution in [3.8, 4) is 5.75 Å². The van der Waals surface area contributed by atoms with E-state index in [0.717, 1.165) is 16.8 Å². The minimum absolute atomic E-state index is 0.343. The van der Waals surface area contributed by atoms with Crippen molar-refractivity contribution in [3.63, 3.8) is 0 Å². The van der Waals surface area contributed by atoms with E-state index in [0.29, 0.717) is 12.3 Å². The summed E-state index contributed by atoms with van der Waals surface area (Å²) in [5.41, 5.74) is 4.38. The summed E-state index contributed by atoms with van der Waals surface area (Å²) in [6.07, 6.45) is 0. The van der Waals surface area contributed by atoms with E-state index in [1.165, 1.54) is 5.56 Å². The molecule has 0 heterocycles. The van der Waals surface area contributed by atoms with Gasteiger partial charge in [0.1, 0.15) is 5.75 Å². The Labute approximate surface area is 102 Å². The van der Waals surface area contributed by atoms with E-state index < -0.39 is 0 Å². The fourth-order valence-electron chi connectivity index (χ4n) is 1.81. The van der Waals surface area contributed by atoms with Crippen LogP contribution in [0.3, 0.4) is 0 Å². The molecule has 0 aromatic heterocycles. The number of hydrogen-bond donors (Lipinski definition) is 2. The minimum atomic E-state index is 0.343. The first-order valence-electron chi connectivity index (χ1n) is 5.74. The number of aryl methyl sites for hydroxylation is 2. The highest BCUT2D eigenvalue weighted by molar-refractivity contribution is 5.47. The Hall–Kier alpha value is -1.96. The normalized spacial score (nSPS) is 10.2. The minimum Gasteiger partial charge on any atom is -0.508 e. The second-order valence-electron chi connectivity index (χ2n) is 4.36. The van der Waals surface area contributed by atoms with Crippen LogP contribution < -0.4 is 5.32 Å². The number of aromatic hydroxyl groups is 1. The third-order valence-corrected chi connectivity index (χ3v) is 2.74. The van der Waals surface area contributed by atoms with Crippen LogP contribution in [0.25, 0.3) is 0 Å². The molecule has 0 radical (unpaired) electrons. The van der Waals surface area contributed by atoms with Gasteiger partial charge < -0.3 is 10.4 Å². The third-order valence-electron chi connectivity index (χ3n) is 2.74. The standard InChI is InChI=1S/C15H17NO/c1-11-4-3-5-14(9-11)16-10-13-8-12(2)6-7-15(13)17/h3-9,16-17H,10H2,1-2H3. The molecule has 2 aromatic carbocycles. The SMILES string of the molecule is Cc1cccc(NCc2cc(C)ccc2O)c1. The Morgan fingerprint density at radius 2 is 1.76 bits per heavy atom. The molecule has 0 unspecified atom stereocenters. The smallest absolute Gasteiger partial charge is 0.120 e. The fraction of sp³-hybridized carbons (Fsp3) is 0.200. The second-order valence-corrected chi connectivity index (χ2v) is 4.36. The number of phenolic OH excluding ortho intramolecular Hbond substituents is 1. The van der Waals surface area contributed by atoms with Crippen LogP contribution >= 0.6 is 0 Å². The third kappa shape index (κ3) is 3.00. The Balaban J connectivity index is 2.09. The van der Waals surface area contributed by atoms with Crippen molar-refractivity contribution >= 4 is 5.69 Å². The average molecular weight is 227 g/mol. The predicted molar refractivity (Wildman–Crippen MR) is 71.3 cm³/mol. The van der Waals surface area contributed by atoms with Gasteiger partial charge in [-0.3, -0.25) is 0 Å². The van der Waals surface area contributed by atoms with Crippen LogP contribution in [0.4, 0.5) is 5.69 Å². The maximum atomic E-state index is 9.73. The highest BCUT2D eigenvalue weighted by Crippen LogP contribution is 2.20. The number of nitrogens with one attached hydrogen (secondary N) is 1. The van der Waals surface area contributed by atoms with E-state index >= 15 is 0 Å². The van der Waals surface area contributed by atoms with Crippen molar-refractivity contribution in [2.24, 2.45) is 0 Å². The molecule has 0 spiro atoms. The molecule has 2 aromatic rings. The zero-order valence-corrected chi connectivity index (χ0v) is 10.2. The van der Waals surface area contributed by atoms with E-state index in [1.807, 2.05) is 31.2 Å². The van der Waals surface area contributed by atoms with Gasteiger partial charge >= 0.3 is 0 Å². The fourth-order valence-corrected chi connectivity index (χ4v) is 1.81. The summed E-state index contributed by atoms with van der Waals surface area (Å²) in [5.74, 6) is 0.343. The zero-order chi connectivity index (χ0) is 12.3. The summed E-state index contributed by atoms with van der Waals surface area (Å²) >= 11 is 0. The summed E-state index contributed by atoms with van der Waals surface area (Å²) in [6, 6.07) is 13.8. The molecule has 0 saturated heterocycles. The van der Waals surface area contributed by atoms with Gasteiger partial charge in [0.25, 0.3) is 0 Å². The van der Waals surface area contributed by atoms with Crippen LogP contribution in [0.1, 0.15) is 16.7 Å². The molecule has 2 N–H and O–H groups in total. The maximum Gasteiger partial charge on any atom is 0.120 e. The molecule has 0 aliphatic carbocycles. The quantitative estimate of drug-likeness (QED) is 0.839. The molecule has 0 aliphatic heterocycles. The largest absolute Gasteiger partial charge is 0.508 e. The van der Waals surface area contributed by atoms with Crippen molar-refractivity contribution in [3.05, 3.63) is 59.2 Å². The van der Waals surface area contributed by atoms with Crippen LogP contribution in [0.2, 0.25) is 0 Å². The molecule has 88 valence electrons. The van der Waals surface area contributed by atoms with Crippen molar-refractivity contribution in [1.29, 1.82) is 0 Å². The van der Waals surface area contributed by atoms with E-state index in [4.69, 9.17) is 0 Å². The van der Waals surface area contributed by atoms with Crippen LogP contribution in [-0.2, 0) is 6.54 Å². The summed E-state index contributed by atoms with van der Waals surface area (Å²) in [6.45, 7) is 4.72. The van der Waals surface area contributed by atoms with Crippen molar-refractivity contribution in [1.82, 2.24) is 0 Å². The van der Waals surface area contributed by atoms with E-state index in [9.17, 15) is 5.11 Å². The van der Waals surface area contributed by atoms with E-state index in [1.54, 1.807) is 6.07 Å². The number of phenols is 1. The lowest BCUT2D eigenvalue weighted by Gasteiger charge is -2.09. The van der Waals surface area contributed by atoms with Gasteiger partial charge in [-0.05, 0) is 37.6 Å². The first kappa shape index (κ1) is 11.5. The molecule has 2 rings (SSSR count). The molecule has 2 nitrogen and oxygen atoms in total. The van der Waals surface area contributed by atoms with Gasteiger partial charge in [-0.25, -0.2) is 0 Å². The Morgan fingerprint density at radius 3 is 2.53 bits per heavy atom. The van der Waals surface area contributed by atoms with Gasteiger partial charge in [0, 0.05) is 17.8 Å². The lowest BCUT2D eigenvalue weighted by molar-refractivity contribution is 0.469. The number of rotatable bonds is 3. The van der Waals surface area contributed by atoms with Gasteiger partial charge in [-0.1, -0.05) is 29.8 Å². The highest BCUT2D eigenvalue weighted by Gasteiger charge is 2.01. The molecule has 0 atom stereocenters. The molecule has 0 aliphatic rings. The number of hydrogen-bond acceptors (Lipinski definition) is 2. The Bertz CT molecular complexity index is 520. The monoisotopic (exact) mass is 227 g/mol. The van der Waals surface area contributed by atoms with Crippen molar-refractivity contribution in [2.45, 2.75) is 20.4 Å². The molecule has 0 bridgehead atoms. The molecular formula is C15H17NO. The van der Waals surface area contributed by atoms with E-state index in [-0.39, 0.29) is 0 Å². The first-order valence-corrected chi connectivity index (χ1v) is 5.74. The zero-order valence-electron chi connectivity index (χ0n) is 10.2. The van der Waals surface area contributed by atoms with Gasteiger partial charge in [0.2, 0.25) is 0 Å². The van der Waals surface area contributed by atoms with Gasteiger partial charge in [0.15, 0.2) is 0 Å². The molecule has 0 fully saturated rings. The highest BCUT2D eigenvalue weighted by atomic mass is 16.3. The molecule has 0 saturated carbocycles. The summed E-state index contributed by atoms with van der Waals surface area (Å²) in [4.78, 5) is 0. The predicted octanol–water partition coefficient (Wildman–Crippen LogP) is 3.62. The molecule has 17 heavy (non-hydrogen) atoms. The maximum absolute atomic E-state index is 9.73. The molecule has 2 heteroatoms. The van der Waals surface area contributed by atoms with Gasteiger partial charge in [0.05, 0.1) is 0 Å². The van der Waals surface area contributed by atoms with Crippen LogP contribution in [0, 0.1) is 13.8 Å². The lowest BCUT2D eigenvalue weighted by Crippen LogP contribution is -2.00. The average Bonchev–Trinajstić information content (AvgIpc) is 2.30. The Kier molecular flexibility index (Phi) is 3.33. The number of anilines is 1. The molecule has 0 amide bonds. The lowest BCUT2D eigenvalue weighted by atomic mass is 10.1. The van der Waals surface area contributed by atoms with Crippen molar-refractivity contribution < 1.29 is 5.11 Å². The summed E-state index contributed by atoms with van der Waals surface area (Å²) < 4.78 is 0. The van der Waals surface area contributed by atoms with Gasteiger partial charge in [-0.15, -0.1) is 0 Å². The van der Waals surface area contributed by atoms with Crippen LogP contribution in [0.15, 0.2) is 42.5 Å². The van der Waals surface area contributed by atoms with Crippen LogP contribution in [-0.4, -0.2) is 5.11 Å². The Morgan fingerprint density at radius 1 is 1.00 bits per heavy atom. The topological polar surface area (TPSA) is 32.3 Å². The first-order chi connectivity index (χ1) is 8.15. The second kappa shape index (κ2) is 4.91. The number of benzene rings is 2. The molecular weight excluding hydrogens is 210 g/mol. The van der Waals surface area contributed by atoms with Gasteiger partial charge in [-0.2, -0.15) is 0 Å². The van der Waals surface area contributed by atoms with Crippen molar-refractivity contribution in [2.75, 3.05) is 5.32 Å². The van der Waals surface area contributed by atoms with Crippen LogP contribution in [0.5, 0.6) is 5.75 Å².